The van der Waals surface area contributed by atoms with E-state index >= 15 is 0 Å². The van der Waals surface area contributed by atoms with Crippen molar-refractivity contribution >= 4 is 0 Å². The van der Waals surface area contributed by atoms with Crippen molar-refractivity contribution in [2.45, 2.75) is 25.8 Å². The van der Waals surface area contributed by atoms with Crippen LogP contribution >= 0.6 is 0 Å². The third-order valence-corrected chi connectivity index (χ3v) is 3.39. The molecule has 0 aliphatic carbocycles. The summed E-state index contributed by atoms with van der Waals surface area (Å²) in [5.74, 6) is -0.196. The number of rotatable bonds is 5. The average Bonchev–Trinajstić information content (AvgIpc) is 2.79. The summed E-state index contributed by atoms with van der Waals surface area (Å²) in [6.45, 7) is 2.10. The highest BCUT2D eigenvalue weighted by molar-refractivity contribution is 5.21. The molecule has 102 valence electrons. The minimum absolute atomic E-state index is 0.184. The largest absolute Gasteiger partial charge is 0.311 e. The van der Waals surface area contributed by atoms with Gasteiger partial charge in [-0.2, -0.15) is 5.10 Å². The Balaban J connectivity index is 2.19. The van der Waals surface area contributed by atoms with Crippen molar-refractivity contribution in [3.05, 3.63) is 53.1 Å². The van der Waals surface area contributed by atoms with Gasteiger partial charge in [-0.3, -0.25) is 4.68 Å². The van der Waals surface area contributed by atoms with Gasteiger partial charge in [-0.25, -0.2) is 4.39 Å². The van der Waals surface area contributed by atoms with Crippen LogP contribution in [0.4, 0.5) is 4.39 Å². The fraction of sp³-hybridized carbons (Fsp3) is 0.400. The van der Waals surface area contributed by atoms with Gasteiger partial charge in [0.2, 0.25) is 0 Å². The van der Waals surface area contributed by atoms with Crippen LogP contribution in [-0.2, 0) is 19.9 Å². The minimum Gasteiger partial charge on any atom is -0.311 e. The van der Waals surface area contributed by atoms with Crippen molar-refractivity contribution < 1.29 is 4.39 Å². The second-order valence-electron chi connectivity index (χ2n) is 4.71. The van der Waals surface area contributed by atoms with Gasteiger partial charge < -0.3 is 5.32 Å². The first kappa shape index (κ1) is 13.7. The van der Waals surface area contributed by atoms with Crippen LogP contribution in [0.25, 0.3) is 0 Å². The molecule has 1 aromatic carbocycles. The summed E-state index contributed by atoms with van der Waals surface area (Å²) >= 11 is 0. The van der Waals surface area contributed by atoms with E-state index in [1.54, 1.807) is 0 Å². The van der Waals surface area contributed by atoms with E-state index in [1.807, 2.05) is 30.9 Å². The molecule has 0 bridgehead atoms. The third kappa shape index (κ3) is 3.20. The van der Waals surface area contributed by atoms with Crippen LogP contribution < -0.4 is 5.32 Å². The number of aryl methyl sites for hydroxylation is 2. The van der Waals surface area contributed by atoms with E-state index in [0.29, 0.717) is 0 Å². The molecule has 19 heavy (non-hydrogen) atoms. The van der Waals surface area contributed by atoms with E-state index in [1.165, 1.54) is 12.1 Å². The van der Waals surface area contributed by atoms with Gasteiger partial charge >= 0.3 is 0 Å². The minimum atomic E-state index is -0.196. The van der Waals surface area contributed by atoms with Gasteiger partial charge in [0.15, 0.2) is 0 Å². The van der Waals surface area contributed by atoms with Crippen LogP contribution in [-0.4, -0.2) is 16.8 Å². The standard InChI is InChI=1S/C15H20FN3/c1-4-13-10-15(19(3)18-13)14(17-2)9-11-5-7-12(16)8-6-11/h5-8,10,14,17H,4,9H2,1-3H3. The summed E-state index contributed by atoms with van der Waals surface area (Å²) in [6, 6.07) is 8.98. The van der Waals surface area contributed by atoms with E-state index in [-0.39, 0.29) is 11.9 Å². The Morgan fingerprint density at radius 1 is 1.32 bits per heavy atom. The fourth-order valence-electron chi connectivity index (χ4n) is 2.25. The Hall–Kier alpha value is -1.68. The summed E-state index contributed by atoms with van der Waals surface area (Å²) in [5.41, 5.74) is 3.36. The van der Waals surface area contributed by atoms with Gasteiger partial charge in [0.25, 0.3) is 0 Å². The third-order valence-electron chi connectivity index (χ3n) is 3.39. The predicted molar refractivity (Wildman–Crippen MR) is 74.5 cm³/mol. The fourth-order valence-corrected chi connectivity index (χ4v) is 2.25. The Labute approximate surface area is 113 Å². The van der Waals surface area contributed by atoms with Crippen molar-refractivity contribution in [3.8, 4) is 0 Å². The lowest BCUT2D eigenvalue weighted by Gasteiger charge is -2.16. The van der Waals surface area contributed by atoms with Gasteiger partial charge in [-0.05, 0) is 43.7 Å². The molecule has 1 atom stereocenters. The molecule has 0 saturated heterocycles. The maximum Gasteiger partial charge on any atom is 0.123 e. The van der Waals surface area contributed by atoms with Crippen molar-refractivity contribution in [1.29, 1.82) is 0 Å². The highest BCUT2D eigenvalue weighted by Crippen LogP contribution is 2.19. The number of aromatic nitrogens is 2. The summed E-state index contributed by atoms with van der Waals surface area (Å²) in [7, 11) is 3.90. The summed E-state index contributed by atoms with van der Waals surface area (Å²) in [4.78, 5) is 0. The molecular formula is C15H20FN3. The monoisotopic (exact) mass is 261 g/mol. The van der Waals surface area contributed by atoms with Crippen LogP contribution in [0.3, 0.4) is 0 Å². The molecule has 0 amide bonds. The SMILES string of the molecule is CCc1cc(C(Cc2ccc(F)cc2)NC)n(C)n1. The first-order valence-electron chi connectivity index (χ1n) is 6.58. The number of halogens is 1. The Morgan fingerprint density at radius 3 is 2.53 bits per heavy atom. The maximum atomic E-state index is 12.9. The zero-order valence-corrected chi connectivity index (χ0v) is 11.7. The van der Waals surface area contributed by atoms with E-state index in [2.05, 4.69) is 23.4 Å². The lowest BCUT2D eigenvalue weighted by atomic mass is 10.0. The average molecular weight is 261 g/mol. The highest BCUT2D eigenvalue weighted by atomic mass is 19.1. The topological polar surface area (TPSA) is 29.9 Å². The maximum absolute atomic E-state index is 12.9. The first-order valence-corrected chi connectivity index (χ1v) is 6.58. The number of hydrogen-bond donors (Lipinski definition) is 1. The quantitative estimate of drug-likeness (QED) is 0.896. The van der Waals surface area contributed by atoms with Crippen molar-refractivity contribution in [2.24, 2.45) is 7.05 Å². The Morgan fingerprint density at radius 2 is 2.00 bits per heavy atom. The molecule has 0 fully saturated rings. The van der Waals surface area contributed by atoms with Gasteiger partial charge in [-0.15, -0.1) is 0 Å². The zero-order chi connectivity index (χ0) is 13.8. The summed E-state index contributed by atoms with van der Waals surface area (Å²) < 4.78 is 14.8. The molecule has 2 rings (SSSR count). The second kappa shape index (κ2) is 5.97. The van der Waals surface area contributed by atoms with Crippen molar-refractivity contribution in [1.82, 2.24) is 15.1 Å². The van der Waals surface area contributed by atoms with Gasteiger partial charge in [0.05, 0.1) is 17.4 Å². The molecular weight excluding hydrogens is 241 g/mol. The van der Waals surface area contributed by atoms with Crippen molar-refractivity contribution in [3.63, 3.8) is 0 Å². The molecule has 1 unspecified atom stereocenters. The van der Waals surface area contributed by atoms with Gasteiger partial charge in [0, 0.05) is 7.05 Å². The molecule has 1 N–H and O–H groups in total. The number of benzene rings is 1. The number of nitrogens with one attached hydrogen (secondary N) is 1. The van der Waals surface area contributed by atoms with E-state index in [4.69, 9.17) is 0 Å². The number of nitrogens with zero attached hydrogens (tertiary/aromatic N) is 2. The van der Waals surface area contributed by atoms with Crippen LogP contribution in [0.1, 0.15) is 29.9 Å². The lowest BCUT2D eigenvalue weighted by molar-refractivity contribution is 0.536. The van der Waals surface area contributed by atoms with Gasteiger partial charge in [0.1, 0.15) is 5.82 Å². The molecule has 3 nitrogen and oxygen atoms in total. The molecule has 0 aliphatic heterocycles. The zero-order valence-electron chi connectivity index (χ0n) is 11.7. The van der Waals surface area contributed by atoms with E-state index in [0.717, 1.165) is 29.8 Å². The molecule has 0 spiro atoms. The summed E-state index contributed by atoms with van der Waals surface area (Å²) in [5, 5.41) is 7.78. The molecule has 1 aromatic heterocycles. The Bertz CT molecular complexity index is 531. The summed E-state index contributed by atoms with van der Waals surface area (Å²) in [6.07, 6.45) is 1.75. The second-order valence-corrected chi connectivity index (χ2v) is 4.71. The number of likely N-dealkylation sites (N-methyl/N-ethyl adjacent to an activating group) is 1. The van der Waals surface area contributed by atoms with E-state index < -0.39 is 0 Å². The molecule has 0 saturated carbocycles. The van der Waals surface area contributed by atoms with Crippen LogP contribution in [0, 0.1) is 5.82 Å². The normalized spacial score (nSPS) is 12.6. The molecule has 1 heterocycles. The molecule has 0 aliphatic rings. The van der Waals surface area contributed by atoms with Crippen LogP contribution in [0.5, 0.6) is 0 Å². The van der Waals surface area contributed by atoms with Gasteiger partial charge in [-0.1, -0.05) is 19.1 Å². The predicted octanol–water partition coefficient (Wildman–Crippen LogP) is 2.62. The lowest BCUT2D eigenvalue weighted by Crippen LogP contribution is -2.21. The highest BCUT2D eigenvalue weighted by Gasteiger charge is 2.15. The first-order chi connectivity index (χ1) is 9.13. The molecule has 4 heteroatoms. The molecule has 0 radical (unpaired) electrons. The van der Waals surface area contributed by atoms with E-state index in [9.17, 15) is 4.39 Å². The van der Waals surface area contributed by atoms with Crippen molar-refractivity contribution in [2.75, 3.05) is 7.05 Å². The van der Waals surface area contributed by atoms with Crippen LogP contribution in [0.15, 0.2) is 30.3 Å². The van der Waals surface area contributed by atoms with Crippen LogP contribution in [0.2, 0.25) is 0 Å². The molecule has 2 aromatic rings. The number of hydrogen-bond acceptors (Lipinski definition) is 2. The Kier molecular flexibility index (Phi) is 4.32. The smallest absolute Gasteiger partial charge is 0.123 e.